The van der Waals surface area contributed by atoms with Crippen LogP contribution >= 0.6 is 7.75 Å². The van der Waals surface area contributed by atoms with Gasteiger partial charge in [-0.1, -0.05) is 166 Å². The Balaban J connectivity index is 0.00000158. The van der Waals surface area contributed by atoms with Gasteiger partial charge in [0, 0.05) is 5.56 Å². The van der Waals surface area contributed by atoms with E-state index in [1.807, 2.05) is 0 Å². The van der Waals surface area contributed by atoms with Crippen LogP contribution in [0.1, 0.15) is 126 Å². The number of anilines is 1. The summed E-state index contributed by atoms with van der Waals surface area (Å²) < 4.78 is 58.3. The number of ether oxygens (including phenoxy) is 6. The minimum Gasteiger partial charge on any atom is -0.762 e. The first kappa shape index (κ1) is 77.0. The summed E-state index contributed by atoms with van der Waals surface area (Å²) in [7, 11) is -5.65. The standard InChI is InChI=1S/C77H64N7O16P.C6H15N/c1-3-49(2)63(82-77(56-34-40-59(41-35-56)95-72(87)51-24-12-5-13-25-51,57-36-42-60(43-37-57)96-73(88)52-26-14-6-15-27-52)58-38-44-61(45-39-58)97-74(89)53-28-16-7-17-29-53)70(86)83-101(92,93)94-46-62-65(99-75(90)54-30-18-8-19-31-54)66(100-76(91)55-32-20-9-21-33-55)71(98-62)84-48-80-64-67(78-47-79-68(64)84)81-69(85)50-22-10-4-11-23-50;1-4-7(5-2)6-3/h4-45,47-49,62-63,65-66,71,82H,3,46H2,1-2H3,(H,78,79,81,85)(H2,83,86,92,93);4-6H2,1-3H3/t49?,62-,63+,65-,66-,71-;/m1./s1. The van der Waals surface area contributed by atoms with Gasteiger partial charge < -0.3 is 48.1 Å². The molecule has 552 valence electrons. The smallest absolute Gasteiger partial charge is 0.343 e. The van der Waals surface area contributed by atoms with Crippen LogP contribution in [0.25, 0.3) is 11.2 Å². The minimum atomic E-state index is -5.65. The predicted molar refractivity (Wildman–Crippen MR) is 399 cm³/mol. The molecule has 12 rings (SSSR count). The number of aromatic nitrogens is 4. The number of benzene rings is 9. The van der Waals surface area contributed by atoms with Gasteiger partial charge in [-0.05, 0) is 153 Å². The number of carbonyl (C=O) groups is 7. The zero-order valence-corrected chi connectivity index (χ0v) is 60.6. The molecule has 3 heterocycles. The molecule has 2 unspecified atom stereocenters. The fourth-order valence-electron chi connectivity index (χ4n) is 12.1. The van der Waals surface area contributed by atoms with Crippen molar-refractivity contribution in [2.45, 2.75) is 77.2 Å². The van der Waals surface area contributed by atoms with Crippen LogP contribution in [0.3, 0.4) is 0 Å². The average molecular weight is 1480 g/mol. The monoisotopic (exact) mass is 1470 g/mol. The lowest BCUT2D eigenvalue weighted by atomic mass is 9.75. The van der Waals surface area contributed by atoms with Crippen molar-refractivity contribution in [2.24, 2.45) is 5.92 Å². The van der Waals surface area contributed by atoms with Gasteiger partial charge in [0.2, 0.25) is 13.7 Å². The molecule has 4 N–H and O–H groups in total. The first-order valence-electron chi connectivity index (χ1n) is 35.1. The number of fused-ring (bicyclic) bond motifs is 1. The zero-order valence-electron chi connectivity index (χ0n) is 59.7. The molecule has 7 atom stereocenters. The van der Waals surface area contributed by atoms with Crippen LogP contribution in [-0.2, 0) is 33.6 Å². The third kappa shape index (κ3) is 18.9. The highest BCUT2D eigenvalue weighted by molar-refractivity contribution is 7.49. The minimum absolute atomic E-state index is 0.00462. The first-order chi connectivity index (χ1) is 52.4. The summed E-state index contributed by atoms with van der Waals surface area (Å²) in [6, 6.07) is 66.9. The molecule has 1 saturated heterocycles. The Kier molecular flexibility index (Phi) is 25.8. The Hall–Kier alpha value is -12.2. The van der Waals surface area contributed by atoms with Crippen LogP contribution in [0.2, 0.25) is 0 Å². The fraction of sp³-hybridized carbons (Fsp3) is 0.205. The second-order valence-corrected chi connectivity index (χ2v) is 26.6. The molecular weight excluding hydrogens is 1400 g/mol. The van der Waals surface area contributed by atoms with Gasteiger partial charge in [0.1, 0.15) is 29.7 Å². The number of hydrogen-bond donors (Lipinski definition) is 4. The van der Waals surface area contributed by atoms with Crippen molar-refractivity contribution in [3.05, 3.63) is 318 Å². The lowest BCUT2D eigenvalue weighted by Gasteiger charge is -2.42. The van der Waals surface area contributed by atoms with Gasteiger partial charge in [0.05, 0.1) is 72.0 Å². The summed E-state index contributed by atoms with van der Waals surface area (Å²) >= 11 is 0. The number of imidazole rings is 1. The maximum atomic E-state index is 15.4. The van der Waals surface area contributed by atoms with Gasteiger partial charge in [-0.25, -0.2) is 38.9 Å². The quantitative estimate of drug-likeness (QED) is 0.0153. The van der Waals surface area contributed by atoms with Crippen LogP contribution in [-0.4, -0.2) is 112 Å². The Morgan fingerprint density at radius 3 is 1.27 bits per heavy atom. The maximum Gasteiger partial charge on any atom is 0.343 e. The third-order valence-electron chi connectivity index (χ3n) is 18.2. The van der Waals surface area contributed by atoms with Crippen molar-refractivity contribution in [1.82, 2.24) is 29.9 Å². The van der Waals surface area contributed by atoms with Gasteiger partial charge in [0.25, 0.3) is 5.91 Å². The van der Waals surface area contributed by atoms with Crippen molar-refractivity contribution >= 4 is 66.4 Å². The van der Waals surface area contributed by atoms with Crippen LogP contribution in [0.15, 0.2) is 267 Å². The van der Waals surface area contributed by atoms with E-state index in [1.165, 1.54) is 54.8 Å². The molecule has 1 fully saturated rings. The van der Waals surface area contributed by atoms with Crippen LogP contribution in [0.4, 0.5) is 5.82 Å². The van der Waals surface area contributed by atoms with Crippen LogP contribution < -0.4 is 39.7 Å². The number of quaternary nitrogens is 1. The molecular formula is C83H79N8O16P. The normalized spacial score (nSPS) is 15.7. The highest BCUT2D eigenvalue weighted by atomic mass is 31.2. The molecule has 0 saturated carbocycles. The molecule has 0 spiro atoms. The average Bonchev–Trinajstić information content (AvgIpc) is 0.986. The number of carbonyl (C=O) groups excluding carboxylic acids is 7. The van der Waals surface area contributed by atoms with Gasteiger partial charge in [-0.2, -0.15) is 0 Å². The van der Waals surface area contributed by atoms with E-state index in [9.17, 15) is 38.2 Å². The SMILES string of the molecule is CCC(C)[C@H](NC(c1ccc(OC(=O)c2ccccc2)cc1)(c1ccc(OC(=O)c2ccccc2)cc1)c1ccc(OC(=O)c2ccccc2)cc1)C(=O)NP(=O)([O-])OC[C@H]1O[C@@H](n2cnc3c(NC(=O)c4ccccc4)ncnc32)[C@H](OC(=O)c2ccccc2)[C@@H]1OC(=O)c1ccccc1.CC[NH+](CC)CC. The Bertz CT molecular complexity index is 4680. The van der Waals surface area contributed by atoms with Gasteiger partial charge in [0.15, 0.2) is 35.4 Å². The molecule has 0 aliphatic carbocycles. The highest BCUT2D eigenvalue weighted by Crippen LogP contribution is 2.43. The third-order valence-corrected chi connectivity index (χ3v) is 19.2. The van der Waals surface area contributed by atoms with Crippen molar-refractivity contribution in [3.8, 4) is 17.2 Å². The van der Waals surface area contributed by atoms with E-state index in [2.05, 4.69) is 51.4 Å². The Morgan fingerprint density at radius 2 is 0.889 bits per heavy atom. The van der Waals surface area contributed by atoms with Crippen molar-refractivity contribution < 1.29 is 80.9 Å². The van der Waals surface area contributed by atoms with Crippen LogP contribution in [0, 0.1) is 5.92 Å². The Morgan fingerprint density at radius 1 is 0.509 bits per heavy atom. The number of rotatable bonds is 28. The van der Waals surface area contributed by atoms with Gasteiger partial charge >= 0.3 is 29.8 Å². The Labute approximate surface area is 623 Å². The summed E-state index contributed by atoms with van der Waals surface area (Å²) in [5.74, 6) is -5.64. The van der Waals surface area contributed by atoms with E-state index in [0.29, 0.717) is 22.3 Å². The van der Waals surface area contributed by atoms with Gasteiger partial charge in [-0.15, -0.1) is 0 Å². The maximum absolute atomic E-state index is 15.4. The molecule has 9 aromatic carbocycles. The summed E-state index contributed by atoms with van der Waals surface area (Å²) in [5, 5.41) is 8.45. The number of hydrogen-bond acceptors (Lipinski definition) is 20. The van der Waals surface area contributed by atoms with E-state index in [1.54, 1.807) is 249 Å². The number of esters is 5. The first-order valence-corrected chi connectivity index (χ1v) is 36.7. The molecule has 0 radical (unpaired) electrons. The fourth-order valence-corrected chi connectivity index (χ4v) is 13.0. The summed E-state index contributed by atoms with van der Waals surface area (Å²) in [6.45, 7) is 13.0. The molecule has 108 heavy (non-hydrogen) atoms. The predicted octanol–water partition coefficient (Wildman–Crippen LogP) is 11.6. The lowest BCUT2D eigenvalue weighted by molar-refractivity contribution is -0.894. The number of amides is 2. The summed E-state index contributed by atoms with van der Waals surface area (Å²) in [4.78, 5) is 127. The molecule has 1 aliphatic rings. The van der Waals surface area contributed by atoms with E-state index in [0.717, 1.165) is 6.33 Å². The molecule has 0 bridgehead atoms. The summed E-state index contributed by atoms with van der Waals surface area (Å²) in [5.41, 5.74) is 0.924. The number of nitrogens with zero attached hydrogens (tertiary/aromatic N) is 4. The second-order valence-electron chi connectivity index (χ2n) is 25.1. The largest absolute Gasteiger partial charge is 0.762 e. The van der Waals surface area contributed by atoms with E-state index in [-0.39, 0.29) is 68.5 Å². The number of nitrogens with one attached hydrogen (secondary N) is 4. The molecule has 11 aromatic rings. The van der Waals surface area contributed by atoms with E-state index >= 15 is 4.79 Å². The summed E-state index contributed by atoms with van der Waals surface area (Å²) in [6.07, 6.45) is -3.73. The lowest BCUT2D eigenvalue weighted by Crippen LogP contribution is -3.11. The van der Waals surface area contributed by atoms with E-state index in [4.69, 9.17) is 32.9 Å². The van der Waals surface area contributed by atoms with E-state index < -0.39 is 98.1 Å². The molecule has 24 nitrogen and oxygen atoms in total. The molecule has 2 amide bonds. The highest BCUT2D eigenvalue weighted by Gasteiger charge is 2.52. The second kappa shape index (κ2) is 36.2. The van der Waals surface area contributed by atoms with Crippen LogP contribution in [0.5, 0.6) is 17.2 Å². The topological polar surface area (TPSA) is 308 Å². The van der Waals surface area contributed by atoms with Crippen molar-refractivity contribution in [1.29, 1.82) is 0 Å². The zero-order chi connectivity index (χ0) is 76.2. The molecule has 2 aromatic heterocycles. The van der Waals surface area contributed by atoms with Crippen molar-refractivity contribution in [2.75, 3.05) is 31.6 Å². The van der Waals surface area contributed by atoms with Crippen molar-refractivity contribution in [3.63, 3.8) is 0 Å². The van der Waals surface area contributed by atoms with Gasteiger partial charge in [-0.3, -0.25) is 29.1 Å². The molecule has 1 aliphatic heterocycles. The molecule has 25 heteroatoms.